The van der Waals surface area contributed by atoms with Crippen molar-refractivity contribution in [2.24, 2.45) is 0 Å². The van der Waals surface area contributed by atoms with E-state index in [1.54, 1.807) is 43.5 Å². The molecule has 0 fully saturated rings. The third kappa shape index (κ3) is 3.45. The van der Waals surface area contributed by atoms with Crippen molar-refractivity contribution in [3.63, 3.8) is 0 Å². The largest absolute Gasteiger partial charge is 0.497 e. The van der Waals surface area contributed by atoms with Crippen molar-refractivity contribution in [1.82, 2.24) is 0 Å². The number of nitrogen functional groups attached to an aromatic ring is 1. The Labute approximate surface area is 130 Å². The molecule has 1 atom stereocenters. The molecule has 0 aliphatic carbocycles. The van der Waals surface area contributed by atoms with Crippen molar-refractivity contribution < 1.29 is 8.95 Å². The van der Waals surface area contributed by atoms with Gasteiger partial charge in [0.2, 0.25) is 0 Å². The van der Waals surface area contributed by atoms with Crippen LogP contribution in [-0.4, -0.2) is 11.3 Å². The third-order valence-corrected chi connectivity index (χ3v) is 4.93. The second-order valence-electron chi connectivity index (χ2n) is 4.14. The Balaban J connectivity index is 2.25. The standard InChI is InChI=1S/C14H13Cl2NO2S/c1-19-10-3-5-13(17)14(7-10)20(18)8-9-2-4-11(15)12(16)6-9/h2-7H,8,17H2,1H3. The average molecular weight is 330 g/mol. The quantitative estimate of drug-likeness (QED) is 0.865. The number of rotatable bonds is 4. The van der Waals surface area contributed by atoms with Crippen molar-refractivity contribution in [2.45, 2.75) is 10.6 Å². The molecule has 2 N–H and O–H groups in total. The van der Waals surface area contributed by atoms with E-state index in [9.17, 15) is 4.21 Å². The summed E-state index contributed by atoms with van der Waals surface area (Å²) in [6.07, 6.45) is 0. The first kappa shape index (κ1) is 15.2. The summed E-state index contributed by atoms with van der Waals surface area (Å²) in [6, 6.07) is 10.3. The van der Waals surface area contributed by atoms with Gasteiger partial charge in [0.15, 0.2) is 0 Å². The Morgan fingerprint density at radius 2 is 1.90 bits per heavy atom. The van der Waals surface area contributed by atoms with Gasteiger partial charge in [-0.3, -0.25) is 4.21 Å². The van der Waals surface area contributed by atoms with Gasteiger partial charge in [-0.05, 0) is 35.9 Å². The van der Waals surface area contributed by atoms with E-state index in [1.807, 2.05) is 0 Å². The molecule has 0 aromatic heterocycles. The monoisotopic (exact) mass is 329 g/mol. The predicted octanol–water partition coefficient (Wildman–Crippen LogP) is 3.89. The van der Waals surface area contributed by atoms with Crippen LogP contribution in [0.3, 0.4) is 0 Å². The summed E-state index contributed by atoms with van der Waals surface area (Å²) in [6.45, 7) is 0. The van der Waals surface area contributed by atoms with Crippen molar-refractivity contribution in [2.75, 3.05) is 12.8 Å². The smallest absolute Gasteiger partial charge is 0.120 e. The number of anilines is 1. The highest BCUT2D eigenvalue weighted by Gasteiger charge is 2.11. The molecule has 0 saturated carbocycles. The lowest BCUT2D eigenvalue weighted by Gasteiger charge is -2.08. The Morgan fingerprint density at radius 1 is 1.15 bits per heavy atom. The maximum atomic E-state index is 12.4. The van der Waals surface area contributed by atoms with Gasteiger partial charge in [-0.25, -0.2) is 0 Å². The number of nitrogens with two attached hydrogens (primary N) is 1. The summed E-state index contributed by atoms with van der Waals surface area (Å²) in [5.74, 6) is 0.936. The zero-order valence-electron chi connectivity index (χ0n) is 10.7. The van der Waals surface area contributed by atoms with E-state index in [4.69, 9.17) is 33.7 Å². The second-order valence-corrected chi connectivity index (χ2v) is 6.38. The summed E-state index contributed by atoms with van der Waals surface area (Å²) in [5.41, 5.74) is 7.17. The van der Waals surface area contributed by atoms with Crippen molar-refractivity contribution in [3.8, 4) is 5.75 Å². The van der Waals surface area contributed by atoms with Gasteiger partial charge in [-0.2, -0.15) is 0 Å². The second kappa shape index (κ2) is 6.48. The zero-order chi connectivity index (χ0) is 14.7. The van der Waals surface area contributed by atoms with E-state index in [2.05, 4.69) is 0 Å². The van der Waals surface area contributed by atoms with E-state index < -0.39 is 10.8 Å². The summed E-state index contributed by atoms with van der Waals surface area (Å²) in [7, 11) is 0.273. The van der Waals surface area contributed by atoms with Crippen LogP contribution in [0.4, 0.5) is 5.69 Å². The molecule has 0 aliphatic rings. The third-order valence-electron chi connectivity index (χ3n) is 2.75. The summed E-state index contributed by atoms with van der Waals surface area (Å²) in [5, 5.41) is 0.918. The van der Waals surface area contributed by atoms with Crippen LogP contribution in [0.2, 0.25) is 10.0 Å². The number of methoxy groups -OCH3 is 1. The summed E-state index contributed by atoms with van der Waals surface area (Å²) >= 11 is 11.8. The van der Waals surface area contributed by atoms with Gasteiger partial charge in [0, 0.05) is 5.69 Å². The SMILES string of the molecule is COc1ccc(N)c(S(=O)Cc2ccc(Cl)c(Cl)c2)c1. The molecule has 2 aromatic carbocycles. The topological polar surface area (TPSA) is 52.3 Å². The van der Waals surface area contributed by atoms with Crippen LogP contribution in [0.5, 0.6) is 5.75 Å². The minimum Gasteiger partial charge on any atom is -0.497 e. The first-order valence-corrected chi connectivity index (χ1v) is 7.84. The molecule has 0 spiro atoms. The van der Waals surface area contributed by atoms with E-state index in [0.29, 0.717) is 32.1 Å². The summed E-state index contributed by atoms with van der Waals surface area (Å²) < 4.78 is 17.5. The van der Waals surface area contributed by atoms with Crippen molar-refractivity contribution >= 4 is 39.7 Å². The fourth-order valence-electron chi connectivity index (χ4n) is 1.70. The lowest BCUT2D eigenvalue weighted by atomic mass is 10.2. The van der Waals surface area contributed by atoms with Gasteiger partial charge >= 0.3 is 0 Å². The maximum absolute atomic E-state index is 12.4. The molecule has 2 aromatic rings. The molecule has 20 heavy (non-hydrogen) atoms. The minimum atomic E-state index is -1.28. The molecule has 3 nitrogen and oxygen atoms in total. The number of hydrogen-bond acceptors (Lipinski definition) is 3. The molecule has 106 valence electrons. The number of hydrogen-bond donors (Lipinski definition) is 1. The highest BCUT2D eigenvalue weighted by molar-refractivity contribution is 7.84. The van der Waals surface area contributed by atoms with Gasteiger partial charge in [0.25, 0.3) is 0 Å². The average Bonchev–Trinajstić information content (AvgIpc) is 2.43. The van der Waals surface area contributed by atoms with Crippen molar-refractivity contribution in [3.05, 3.63) is 52.0 Å². The molecule has 2 rings (SSSR count). The molecule has 0 heterocycles. The lowest BCUT2D eigenvalue weighted by Crippen LogP contribution is -2.01. The first-order chi connectivity index (χ1) is 9.51. The molecule has 1 unspecified atom stereocenters. The van der Waals surface area contributed by atoms with E-state index >= 15 is 0 Å². The Kier molecular flexibility index (Phi) is 4.91. The fraction of sp³-hybridized carbons (Fsp3) is 0.143. The molecular formula is C14H13Cl2NO2S. The lowest BCUT2D eigenvalue weighted by molar-refractivity contribution is 0.413. The van der Waals surface area contributed by atoms with Crippen LogP contribution in [0.15, 0.2) is 41.3 Å². The molecule has 0 bridgehead atoms. The first-order valence-electron chi connectivity index (χ1n) is 5.77. The van der Waals surface area contributed by atoms with Crippen LogP contribution in [-0.2, 0) is 16.6 Å². The molecule has 0 saturated heterocycles. The Bertz CT molecular complexity index is 662. The number of benzene rings is 2. The maximum Gasteiger partial charge on any atom is 0.120 e. The van der Waals surface area contributed by atoms with E-state index in [0.717, 1.165) is 5.56 Å². The molecule has 0 aliphatic heterocycles. The normalized spacial score (nSPS) is 12.2. The van der Waals surface area contributed by atoms with Crippen molar-refractivity contribution in [1.29, 1.82) is 0 Å². The van der Waals surface area contributed by atoms with Gasteiger partial charge < -0.3 is 10.5 Å². The summed E-state index contributed by atoms with van der Waals surface area (Å²) in [4.78, 5) is 0.551. The molecule has 0 amide bonds. The van der Waals surface area contributed by atoms with Gasteiger partial charge in [-0.15, -0.1) is 0 Å². The Morgan fingerprint density at radius 3 is 2.55 bits per heavy atom. The van der Waals surface area contributed by atoms with E-state index in [-0.39, 0.29) is 0 Å². The highest BCUT2D eigenvalue weighted by atomic mass is 35.5. The number of ether oxygens (including phenoxy) is 1. The van der Waals surface area contributed by atoms with Gasteiger partial charge in [0.1, 0.15) is 5.75 Å². The van der Waals surface area contributed by atoms with Gasteiger partial charge in [0.05, 0.1) is 38.6 Å². The van der Waals surface area contributed by atoms with Crippen LogP contribution >= 0.6 is 23.2 Å². The van der Waals surface area contributed by atoms with Crippen LogP contribution in [0, 0.1) is 0 Å². The molecule has 6 heteroatoms. The number of halogens is 2. The van der Waals surface area contributed by atoms with Gasteiger partial charge in [-0.1, -0.05) is 29.3 Å². The fourth-order valence-corrected chi connectivity index (χ4v) is 3.23. The predicted molar refractivity (Wildman–Crippen MR) is 84.0 cm³/mol. The highest BCUT2D eigenvalue weighted by Crippen LogP contribution is 2.27. The van der Waals surface area contributed by atoms with Crippen LogP contribution in [0.1, 0.15) is 5.56 Å². The van der Waals surface area contributed by atoms with Crippen LogP contribution in [0.25, 0.3) is 0 Å². The minimum absolute atomic E-state index is 0.314. The molecular weight excluding hydrogens is 317 g/mol. The zero-order valence-corrected chi connectivity index (χ0v) is 13.1. The Hall–Kier alpha value is -1.23. The van der Waals surface area contributed by atoms with E-state index in [1.165, 1.54) is 0 Å². The van der Waals surface area contributed by atoms with Crippen LogP contribution < -0.4 is 10.5 Å². The molecule has 0 radical (unpaired) electrons.